The number of urea groups is 1. The Kier molecular flexibility index (Phi) is 5.21. The average molecular weight is 376 g/mol. The van der Waals surface area contributed by atoms with Crippen LogP contribution in [0.5, 0.6) is 0 Å². The Hall–Kier alpha value is -2.83. The predicted octanol–water partition coefficient (Wildman–Crippen LogP) is 4.50. The van der Waals surface area contributed by atoms with E-state index in [0.717, 1.165) is 12.1 Å². The van der Waals surface area contributed by atoms with Crippen molar-refractivity contribution >= 4 is 17.4 Å². The van der Waals surface area contributed by atoms with Gasteiger partial charge in [-0.25, -0.2) is 18.0 Å². The van der Waals surface area contributed by atoms with Gasteiger partial charge in [0.1, 0.15) is 5.83 Å². The summed E-state index contributed by atoms with van der Waals surface area (Å²) >= 11 is 0. The molecule has 3 rings (SSSR count). The van der Waals surface area contributed by atoms with E-state index in [1.807, 2.05) is 0 Å². The summed E-state index contributed by atoms with van der Waals surface area (Å²) in [7, 11) is 1.57. The van der Waals surface area contributed by atoms with Gasteiger partial charge in [-0.2, -0.15) is 0 Å². The van der Waals surface area contributed by atoms with E-state index in [-0.39, 0.29) is 30.0 Å². The highest BCUT2D eigenvalue weighted by atomic mass is 19.2. The predicted molar refractivity (Wildman–Crippen MR) is 95.5 cm³/mol. The fourth-order valence-corrected chi connectivity index (χ4v) is 3.16. The molecule has 0 heterocycles. The van der Waals surface area contributed by atoms with Crippen molar-refractivity contribution in [1.29, 1.82) is 0 Å². The second kappa shape index (κ2) is 7.42. The lowest BCUT2D eigenvalue weighted by molar-refractivity contribution is 0.0993. The van der Waals surface area contributed by atoms with Gasteiger partial charge in [0.25, 0.3) is 0 Å². The quantitative estimate of drug-likeness (QED) is 0.845. The number of allylic oxidation sites excluding steroid dienone is 5. The molecule has 27 heavy (non-hydrogen) atoms. The highest BCUT2D eigenvalue weighted by Crippen LogP contribution is 2.32. The van der Waals surface area contributed by atoms with E-state index >= 15 is 0 Å². The second-order valence-electron chi connectivity index (χ2n) is 6.62. The molecule has 0 bridgehead atoms. The molecule has 1 aromatic rings. The summed E-state index contributed by atoms with van der Waals surface area (Å²) in [5.74, 6) is -2.66. The topological polar surface area (TPSA) is 49.4 Å². The highest BCUT2D eigenvalue weighted by Gasteiger charge is 2.28. The van der Waals surface area contributed by atoms with E-state index in [2.05, 4.69) is 5.32 Å². The first-order chi connectivity index (χ1) is 12.8. The fraction of sp³-hybridized carbons (Fsp3) is 0.300. The van der Waals surface area contributed by atoms with Gasteiger partial charge in [0, 0.05) is 31.1 Å². The molecule has 142 valence electrons. The first-order valence-electron chi connectivity index (χ1n) is 8.59. The molecule has 0 spiro atoms. The summed E-state index contributed by atoms with van der Waals surface area (Å²) in [4.78, 5) is 26.0. The van der Waals surface area contributed by atoms with E-state index in [9.17, 15) is 22.8 Å². The van der Waals surface area contributed by atoms with Gasteiger partial charge in [-0.3, -0.25) is 4.79 Å². The molecule has 0 saturated carbocycles. The molecule has 0 radical (unpaired) electrons. The van der Waals surface area contributed by atoms with Crippen molar-refractivity contribution in [3.8, 4) is 0 Å². The third-order valence-corrected chi connectivity index (χ3v) is 4.90. The van der Waals surface area contributed by atoms with Gasteiger partial charge in [-0.15, -0.1) is 0 Å². The van der Waals surface area contributed by atoms with Crippen LogP contribution in [-0.4, -0.2) is 29.8 Å². The van der Waals surface area contributed by atoms with Gasteiger partial charge in [-0.05, 0) is 48.8 Å². The minimum atomic E-state index is -1.08. The third kappa shape index (κ3) is 3.82. The molecule has 7 heteroatoms. The van der Waals surface area contributed by atoms with Crippen LogP contribution in [0.25, 0.3) is 5.57 Å². The Bertz CT molecular complexity index is 903. The van der Waals surface area contributed by atoms with Crippen molar-refractivity contribution in [2.45, 2.75) is 32.2 Å². The van der Waals surface area contributed by atoms with E-state index in [1.165, 1.54) is 17.1 Å². The number of rotatable bonds is 3. The Balaban J connectivity index is 1.81. The van der Waals surface area contributed by atoms with Crippen LogP contribution in [0.4, 0.5) is 18.0 Å². The summed E-state index contributed by atoms with van der Waals surface area (Å²) < 4.78 is 40.3. The molecule has 0 aliphatic heterocycles. The molecule has 0 aromatic heterocycles. The van der Waals surface area contributed by atoms with E-state index in [4.69, 9.17) is 0 Å². The maximum atomic E-state index is 13.7. The van der Waals surface area contributed by atoms with Gasteiger partial charge >= 0.3 is 6.03 Å². The number of amides is 2. The fourth-order valence-electron chi connectivity index (χ4n) is 3.16. The minimum Gasteiger partial charge on any atom is -0.321 e. The lowest BCUT2D eigenvalue weighted by atomic mass is 9.86. The number of nitrogens with zero attached hydrogens (tertiary/aromatic N) is 1. The number of likely N-dealkylation sites (N-methyl/N-ethyl adjacent to an activating group) is 1. The Labute approximate surface area is 155 Å². The minimum absolute atomic E-state index is 0.0580. The SMILES string of the molecule is CC(C1=CCC(=O)c2cc(F)c(F)cc21)N(C)C(=O)NC1=CC=C(F)CC1. The van der Waals surface area contributed by atoms with Crippen LogP contribution in [0.1, 0.15) is 42.1 Å². The number of ketones is 1. The number of Topliss-reactive ketones (excluding diaryl/α,β-unsaturated/α-hetero) is 1. The summed E-state index contributed by atoms with van der Waals surface area (Å²) in [5.41, 5.74) is 1.58. The Morgan fingerprint density at radius 2 is 1.78 bits per heavy atom. The molecule has 1 aromatic carbocycles. The van der Waals surface area contributed by atoms with Gasteiger partial charge < -0.3 is 10.2 Å². The van der Waals surface area contributed by atoms with Gasteiger partial charge in [0.2, 0.25) is 0 Å². The standard InChI is InChI=1S/C20H19F3N2O2/c1-11(25(2)20(27)24-13-5-3-12(21)4-6-13)14-7-8-19(26)16-10-18(23)17(22)9-15(14)16/h3,5,7,9-11H,4,6,8H2,1-2H3,(H,24,27). The molecule has 1 atom stereocenters. The smallest absolute Gasteiger partial charge is 0.321 e. The van der Waals surface area contributed by atoms with E-state index in [1.54, 1.807) is 20.0 Å². The first kappa shape index (κ1) is 18.9. The van der Waals surface area contributed by atoms with Crippen LogP contribution in [0, 0.1) is 11.6 Å². The van der Waals surface area contributed by atoms with Crippen LogP contribution < -0.4 is 5.32 Å². The zero-order valence-electron chi connectivity index (χ0n) is 15.0. The summed E-state index contributed by atoms with van der Waals surface area (Å²) in [6, 6.07) is 0.998. The van der Waals surface area contributed by atoms with Crippen molar-refractivity contribution in [2.75, 3.05) is 7.05 Å². The van der Waals surface area contributed by atoms with Crippen LogP contribution >= 0.6 is 0 Å². The maximum absolute atomic E-state index is 13.7. The molecule has 0 fully saturated rings. The summed E-state index contributed by atoms with van der Waals surface area (Å²) in [6.07, 6.45) is 5.14. The van der Waals surface area contributed by atoms with Crippen LogP contribution in [0.3, 0.4) is 0 Å². The van der Waals surface area contributed by atoms with Crippen LogP contribution in [0.2, 0.25) is 0 Å². The average Bonchev–Trinajstić information content (AvgIpc) is 2.64. The number of carbonyl (C=O) groups excluding carboxylic acids is 2. The number of fused-ring (bicyclic) bond motifs is 1. The molecule has 1 unspecified atom stereocenters. The van der Waals surface area contributed by atoms with Crippen LogP contribution in [0.15, 0.2) is 41.9 Å². The van der Waals surface area contributed by atoms with E-state index < -0.39 is 23.7 Å². The number of hydrogen-bond acceptors (Lipinski definition) is 2. The Morgan fingerprint density at radius 1 is 1.11 bits per heavy atom. The molecular formula is C20H19F3N2O2. The maximum Gasteiger partial charge on any atom is 0.321 e. The first-order valence-corrected chi connectivity index (χ1v) is 8.59. The van der Waals surface area contributed by atoms with Gasteiger partial charge in [0.15, 0.2) is 17.4 Å². The molecule has 0 saturated heterocycles. The van der Waals surface area contributed by atoms with Crippen molar-refractivity contribution in [1.82, 2.24) is 10.2 Å². The van der Waals surface area contributed by atoms with Crippen LogP contribution in [-0.2, 0) is 0 Å². The third-order valence-electron chi connectivity index (χ3n) is 4.90. The molecule has 2 aliphatic carbocycles. The summed E-state index contributed by atoms with van der Waals surface area (Å²) in [6.45, 7) is 1.74. The molecule has 2 amide bonds. The van der Waals surface area contributed by atoms with Crippen molar-refractivity contribution in [3.63, 3.8) is 0 Å². The number of benzene rings is 1. The molecule has 4 nitrogen and oxygen atoms in total. The van der Waals surface area contributed by atoms with Gasteiger partial charge in [-0.1, -0.05) is 6.08 Å². The Morgan fingerprint density at radius 3 is 2.41 bits per heavy atom. The van der Waals surface area contributed by atoms with Crippen molar-refractivity contribution in [3.05, 3.63) is 64.6 Å². The van der Waals surface area contributed by atoms with E-state index in [0.29, 0.717) is 23.3 Å². The number of halogens is 3. The molecule has 2 aliphatic rings. The highest BCUT2D eigenvalue weighted by molar-refractivity contribution is 6.05. The van der Waals surface area contributed by atoms with Gasteiger partial charge in [0.05, 0.1) is 6.04 Å². The molecular weight excluding hydrogens is 357 g/mol. The number of carbonyl (C=O) groups is 2. The van der Waals surface area contributed by atoms with Crippen molar-refractivity contribution < 1.29 is 22.8 Å². The lowest BCUT2D eigenvalue weighted by Gasteiger charge is -2.30. The number of hydrogen-bond donors (Lipinski definition) is 1. The zero-order chi connectivity index (χ0) is 19.7. The monoisotopic (exact) mass is 376 g/mol. The van der Waals surface area contributed by atoms with Crippen molar-refractivity contribution in [2.24, 2.45) is 0 Å². The molecule has 1 N–H and O–H groups in total. The lowest BCUT2D eigenvalue weighted by Crippen LogP contribution is -2.43. The second-order valence-corrected chi connectivity index (χ2v) is 6.62. The summed E-state index contributed by atoms with van der Waals surface area (Å²) in [5, 5.41) is 2.72. The zero-order valence-corrected chi connectivity index (χ0v) is 15.0. The largest absolute Gasteiger partial charge is 0.321 e. The number of nitrogens with one attached hydrogen (secondary N) is 1. The normalized spacial score (nSPS) is 17.4.